The molecule has 3 N–H and O–H groups in total. The van der Waals surface area contributed by atoms with Crippen LogP contribution in [0.1, 0.15) is 5.56 Å². The van der Waals surface area contributed by atoms with Crippen LogP contribution in [-0.4, -0.2) is 10.2 Å². The molecule has 0 unspecified atom stereocenters. The van der Waals surface area contributed by atoms with E-state index in [4.69, 9.17) is 5.73 Å². The number of nitrogens with one attached hydrogen (secondary N) is 1. The number of hydrogen-bond donors (Lipinski definition) is 2. The molecule has 1 aromatic heterocycles. The molecule has 0 fully saturated rings. The van der Waals surface area contributed by atoms with Crippen molar-refractivity contribution in [2.45, 2.75) is 6.92 Å². The maximum atomic E-state index is 11.5. The fraction of sp³-hybridized carbons (Fsp3) is 0.0909. The molecule has 2 rings (SSSR count). The molecule has 0 saturated heterocycles. The molecule has 15 heavy (non-hydrogen) atoms. The number of aromatic nitrogens is 2. The molecular formula is C11H11N3O. The Morgan fingerprint density at radius 2 is 1.93 bits per heavy atom. The quantitative estimate of drug-likeness (QED) is 0.731. The summed E-state index contributed by atoms with van der Waals surface area (Å²) >= 11 is 0. The van der Waals surface area contributed by atoms with Crippen LogP contribution in [0.15, 0.2) is 35.1 Å². The predicted molar refractivity (Wildman–Crippen MR) is 59.4 cm³/mol. The van der Waals surface area contributed by atoms with Crippen LogP contribution < -0.4 is 11.3 Å². The van der Waals surface area contributed by atoms with Crippen molar-refractivity contribution in [2.75, 3.05) is 5.73 Å². The molecule has 1 aromatic carbocycles. The van der Waals surface area contributed by atoms with Gasteiger partial charge in [0.1, 0.15) is 5.82 Å². The number of anilines is 1. The first-order chi connectivity index (χ1) is 7.16. The largest absolute Gasteiger partial charge is 0.382 e. The first-order valence-corrected chi connectivity index (χ1v) is 4.59. The van der Waals surface area contributed by atoms with Gasteiger partial charge >= 0.3 is 0 Å². The first kappa shape index (κ1) is 9.45. The van der Waals surface area contributed by atoms with E-state index >= 15 is 0 Å². The SMILES string of the molecule is Cc1ccc(-c2cc(N)n[nH]c2=O)cc1. The fourth-order valence-electron chi connectivity index (χ4n) is 1.37. The number of benzene rings is 1. The van der Waals surface area contributed by atoms with E-state index in [9.17, 15) is 4.79 Å². The predicted octanol–water partition coefficient (Wildman–Crippen LogP) is 1.33. The van der Waals surface area contributed by atoms with Crippen molar-refractivity contribution >= 4 is 5.82 Å². The Kier molecular flexibility index (Phi) is 2.25. The van der Waals surface area contributed by atoms with E-state index in [2.05, 4.69) is 10.2 Å². The number of nitrogens with two attached hydrogens (primary N) is 1. The van der Waals surface area contributed by atoms with Crippen LogP contribution in [0.5, 0.6) is 0 Å². The molecule has 76 valence electrons. The summed E-state index contributed by atoms with van der Waals surface area (Å²) in [6, 6.07) is 9.25. The Labute approximate surface area is 86.8 Å². The number of aryl methyl sites for hydroxylation is 1. The molecule has 1 heterocycles. The number of aromatic amines is 1. The molecule has 0 atom stereocenters. The molecule has 0 amide bonds. The first-order valence-electron chi connectivity index (χ1n) is 4.59. The highest BCUT2D eigenvalue weighted by Crippen LogP contribution is 2.16. The Hall–Kier alpha value is -2.10. The van der Waals surface area contributed by atoms with Gasteiger partial charge in [-0.1, -0.05) is 29.8 Å². The monoisotopic (exact) mass is 201 g/mol. The van der Waals surface area contributed by atoms with Gasteiger partial charge < -0.3 is 5.73 Å². The summed E-state index contributed by atoms with van der Waals surface area (Å²) in [5, 5.41) is 5.97. The van der Waals surface area contributed by atoms with Crippen LogP contribution in [0.3, 0.4) is 0 Å². The van der Waals surface area contributed by atoms with Gasteiger partial charge in [-0.15, -0.1) is 0 Å². The topological polar surface area (TPSA) is 71.8 Å². The Morgan fingerprint density at radius 3 is 2.60 bits per heavy atom. The van der Waals surface area contributed by atoms with Crippen LogP contribution in [0, 0.1) is 6.92 Å². The lowest BCUT2D eigenvalue weighted by atomic mass is 10.1. The second kappa shape index (κ2) is 3.57. The molecular weight excluding hydrogens is 190 g/mol. The van der Waals surface area contributed by atoms with Gasteiger partial charge in [0.25, 0.3) is 5.56 Å². The van der Waals surface area contributed by atoms with Crippen molar-refractivity contribution in [2.24, 2.45) is 0 Å². The minimum Gasteiger partial charge on any atom is -0.382 e. The second-order valence-corrected chi connectivity index (χ2v) is 3.40. The van der Waals surface area contributed by atoms with E-state index in [0.717, 1.165) is 11.1 Å². The lowest BCUT2D eigenvalue weighted by Crippen LogP contribution is -2.12. The standard InChI is InChI=1S/C11H11N3O/c1-7-2-4-8(5-3-7)9-6-10(12)13-14-11(9)15/h2-6H,1H3,(H2,12,13)(H,14,15). The van der Waals surface area contributed by atoms with Crippen LogP contribution in [0.2, 0.25) is 0 Å². The van der Waals surface area contributed by atoms with Crippen LogP contribution in [-0.2, 0) is 0 Å². The fourth-order valence-corrected chi connectivity index (χ4v) is 1.37. The highest BCUT2D eigenvalue weighted by Gasteiger charge is 2.03. The minimum atomic E-state index is -0.229. The molecule has 0 aliphatic carbocycles. The smallest absolute Gasteiger partial charge is 0.272 e. The second-order valence-electron chi connectivity index (χ2n) is 3.40. The van der Waals surface area contributed by atoms with Crippen LogP contribution >= 0.6 is 0 Å². The summed E-state index contributed by atoms with van der Waals surface area (Å²) in [5.41, 5.74) is 7.82. The van der Waals surface area contributed by atoms with Gasteiger partial charge in [-0.3, -0.25) is 4.79 Å². The molecule has 0 aliphatic heterocycles. The van der Waals surface area contributed by atoms with Gasteiger partial charge in [0, 0.05) is 0 Å². The number of nitrogens with zero attached hydrogens (tertiary/aromatic N) is 1. The lowest BCUT2D eigenvalue weighted by molar-refractivity contribution is 1.00. The van der Waals surface area contributed by atoms with Gasteiger partial charge in [0.15, 0.2) is 0 Å². The minimum absolute atomic E-state index is 0.229. The number of hydrogen-bond acceptors (Lipinski definition) is 3. The van der Waals surface area contributed by atoms with E-state index in [1.54, 1.807) is 6.07 Å². The van der Waals surface area contributed by atoms with E-state index in [1.165, 1.54) is 0 Å². The third-order valence-electron chi connectivity index (χ3n) is 2.19. The zero-order valence-corrected chi connectivity index (χ0v) is 8.32. The molecule has 0 bridgehead atoms. The Bertz CT molecular complexity index is 528. The van der Waals surface area contributed by atoms with Crippen LogP contribution in [0.4, 0.5) is 5.82 Å². The van der Waals surface area contributed by atoms with Crippen molar-refractivity contribution in [1.29, 1.82) is 0 Å². The van der Waals surface area contributed by atoms with Gasteiger partial charge in [-0.25, -0.2) is 5.10 Å². The summed E-state index contributed by atoms with van der Waals surface area (Å²) < 4.78 is 0. The van der Waals surface area contributed by atoms with Crippen molar-refractivity contribution < 1.29 is 0 Å². The molecule has 0 saturated carbocycles. The van der Waals surface area contributed by atoms with E-state index in [-0.39, 0.29) is 5.56 Å². The number of H-pyrrole nitrogens is 1. The average molecular weight is 201 g/mol. The van der Waals surface area contributed by atoms with Crippen molar-refractivity contribution in [3.8, 4) is 11.1 Å². The maximum Gasteiger partial charge on any atom is 0.272 e. The third kappa shape index (κ3) is 1.88. The van der Waals surface area contributed by atoms with Crippen LogP contribution in [0.25, 0.3) is 11.1 Å². The van der Waals surface area contributed by atoms with E-state index < -0.39 is 0 Å². The molecule has 4 heteroatoms. The highest BCUT2D eigenvalue weighted by molar-refractivity contribution is 5.64. The Morgan fingerprint density at radius 1 is 1.27 bits per heavy atom. The third-order valence-corrected chi connectivity index (χ3v) is 2.19. The summed E-state index contributed by atoms with van der Waals surface area (Å²) in [7, 11) is 0. The van der Waals surface area contributed by atoms with E-state index in [0.29, 0.717) is 11.4 Å². The zero-order chi connectivity index (χ0) is 10.8. The number of rotatable bonds is 1. The van der Waals surface area contributed by atoms with Gasteiger partial charge in [-0.2, -0.15) is 5.10 Å². The van der Waals surface area contributed by atoms with E-state index in [1.807, 2.05) is 31.2 Å². The molecule has 0 radical (unpaired) electrons. The van der Waals surface area contributed by atoms with Crippen molar-refractivity contribution in [1.82, 2.24) is 10.2 Å². The lowest BCUT2D eigenvalue weighted by Gasteiger charge is -2.01. The van der Waals surface area contributed by atoms with Gasteiger partial charge in [0.2, 0.25) is 0 Å². The summed E-state index contributed by atoms with van der Waals surface area (Å²) in [6.45, 7) is 1.99. The summed E-state index contributed by atoms with van der Waals surface area (Å²) in [6.07, 6.45) is 0. The summed E-state index contributed by atoms with van der Waals surface area (Å²) in [5.74, 6) is 0.310. The van der Waals surface area contributed by atoms with Gasteiger partial charge in [0.05, 0.1) is 5.56 Å². The Balaban J connectivity index is 2.58. The molecule has 2 aromatic rings. The normalized spacial score (nSPS) is 10.2. The molecule has 4 nitrogen and oxygen atoms in total. The zero-order valence-electron chi connectivity index (χ0n) is 8.32. The maximum absolute atomic E-state index is 11.5. The average Bonchev–Trinajstić information content (AvgIpc) is 2.23. The molecule has 0 spiro atoms. The highest BCUT2D eigenvalue weighted by atomic mass is 16.1. The van der Waals surface area contributed by atoms with Crippen molar-refractivity contribution in [3.05, 3.63) is 46.2 Å². The van der Waals surface area contributed by atoms with Crippen molar-refractivity contribution in [3.63, 3.8) is 0 Å². The summed E-state index contributed by atoms with van der Waals surface area (Å²) in [4.78, 5) is 11.5. The molecule has 0 aliphatic rings. The number of nitrogen functional groups attached to an aromatic ring is 1. The van der Waals surface area contributed by atoms with Gasteiger partial charge in [-0.05, 0) is 18.6 Å².